The number of hydrogen-bond acceptors (Lipinski definition) is 1. The lowest BCUT2D eigenvalue weighted by Crippen LogP contribution is -2.36. The number of unbranched alkanes of at least 4 members (excludes halogenated alkanes) is 1. The van der Waals surface area contributed by atoms with Gasteiger partial charge in [0.25, 0.3) is 0 Å². The minimum absolute atomic E-state index is 0.228. The third kappa shape index (κ3) is 5.85. The lowest BCUT2D eigenvalue weighted by atomic mass is 10.1. The van der Waals surface area contributed by atoms with Crippen molar-refractivity contribution in [3.05, 3.63) is 66.5 Å². The molecule has 0 N–H and O–H groups in total. The standard InChI is InChI=1S/C20H27N2O/c1-18(2)22(17-19-11-5-3-6-12-19)20(23)13-7-10-16-21-14-8-4-9-15-21/h3-6,8-9,11-12,14-15,18H,7,10,13,16-17H2,1-2H3/q+1. The summed E-state index contributed by atoms with van der Waals surface area (Å²) in [7, 11) is 0. The van der Waals surface area contributed by atoms with Gasteiger partial charge in [0.15, 0.2) is 12.4 Å². The molecular weight excluding hydrogens is 284 g/mol. The first-order chi connectivity index (χ1) is 11.2. The molecule has 1 heterocycles. The van der Waals surface area contributed by atoms with Crippen molar-refractivity contribution in [1.82, 2.24) is 4.90 Å². The molecule has 0 fully saturated rings. The highest BCUT2D eigenvalue weighted by Crippen LogP contribution is 2.11. The van der Waals surface area contributed by atoms with Crippen LogP contribution in [0.2, 0.25) is 0 Å². The molecule has 3 heteroatoms. The quantitative estimate of drug-likeness (QED) is 0.540. The first kappa shape index (κ1) is 17.2. The second kappa shape index (κ2) is 9.09. The number of rotatable bonds is 8. The van der Waals surface area contributed by atoms with Crippen LogP contribution < -0.4 is 4.57 Å². The van der Waals surface area contributed by atoms with Crippen molar-refractivity contribution in [3.63, 3.8) is 0 Å². The third-order valence-electron chi connectivity index (χ3n) is 3.97. The molecular formula is C20H27N2O+. The highest BCUT2D eigenvalue weighted by atomic mass is 16.2. The van der Waals surface area contributed by atoms with Crippen LogP contribution in [0.1, 0.15) is 38.7 Å². The van der Waals surface area contributed by atoms with Gasteiger partial charge in [-0.05, 0) is 25.8 Å². The number of amides is 1. The average Bonchev–Trinajstić information content (AvgIpc) is 2.58. The smallest absolute Gasteiger partial charge is 0.223 e. The lowest BCUT2D eigenvalue weighted by molar-refractivity contribution is -0.697. The molecule has 122 valence electrons. The Hall–Kier alpha value is -2.16. The molecule has 0 aliphatic heterocycles. The maximum absolute atomic E-state index is 12.5. The second-order valence-electron chi connectivity index (χ2n) is 6.17. The number of carbonyl (C=O) groups excluding carboxylic acids is 1. The molecule has 2 aromatic rings. The maximum Gasteiger partial charge on any atom is 0.223 e. The van der Waals surface area contributed by atoms with Gasteiger partial charge in [0.05, 0.1) is 0 Å². The van der Waals surface area contributed by atoms with Crippen LogP contribution in [0.25, 0.3) is 0 Å². The van der Waals surface area contributed by atoms with Crippen molar-refractivity contribution in [1.29, 1.82) is 0 Å². The SMILES string of the molecule is CC(C)N(Cc1ccccc1)C(=O)CCCC[n+]1ccccc1. The fourth-order valence-corrected chi connectivity index (χ4v) is 2.64. The molecule has 0 saturated heterocycles. The predicted octanol–water partition coefficient (Wildman–Crippen LogP) is 3.58. The molecule has 1 aromatic carbocycles. The zero-order valence-electron chi connectivity index (χ0n) is 14.2. The fourth-order valence-electron chi connectivity index (χ4n) is 2.64. The summed E-state index contributed by atoms with van der Waals surface area (Å²) in [6.07, 6.45) is 6.71. The van der Waals surface area contributed by atoms with E-state index in [-0.39, 0.29) is 11.9 Å². The average molecular weight is 311 g/mol. The molecule has 0 aliphatic carbocycles. The summed E-state index contributed by atoms with van der Waals surface area (Å²) in [6, 6.07) is 16.5. The molecule has 23 heavy (non-hydrogen) atoms. The van der Waals surface area contributed by atoms with Crippen molar-refractivity contribution >= 4 is 5.91 Å². The summed E-state index contributed by atoms with van der Waals surface area (Å²) >= 11 is 0. The molecule has 1 aromatic heterocycles. The Morgan fingerprint density at radius 2 is 1.65 bits per heavy atom. The van der Waals surface area contributed by atoms with Crippen LogP contribution in [0.3, 0.4) is 0 Å². The van der Waals surface area contributed by atoms with Gasteiger partial charge in [-0.25, -0.2) is 4.57 Å². The van der Waals surface area contributed by atoms with Crippen molar-refractivity contribution in [2.45, 2.75) is 52.2 Å². The number of nitrogens with zero attached hydrogens (tertiary/aromatic N) is 2. The van der Waals surface area contributed by atoms with Gasteiger partial charge in [0, 0.05) is 37.6 Å². The van der Waals surface area contributed by atoms with Crippen LogP contribution in [0.5, 0.6) is 0 Å². The van der Waals surface area contributed by atoms with Crippen LogP contribution in [-0.4, -0.2) is 16.8 Å². The number of aromatic nitrogens is 1. The molecule has 0 bridgehead atoms. The predicted molar refractivity (Wildman–Crippen MR) is 92.6 cm³/mol. The molecule has 0 radical (unpaired) electrons. The van der Waals surface area contributed by atoms with E-state index in [1.807, 2.05) is 41.3 Å². The summed E-state index contributed by atoms with van der Waals surface area (Å²) in [5, 5.41) is 0. The van der Waals surface area contributed by atoms with Gasteiger partial charge in [-0.15, -0.1) is 0 Å². The van der Waals surface area contributed by atoms with Crippen LogP contribution >= 0.6 is 0 Å². The summed E-state index contributed by atoms with van der Waals surface area (Å²) < 4.78 is 2.16. The molecule has 0 unspecified atom stereocenters. The lowest BCUT2D eigenvalue weighted by Gasteiger charge is -2.27. The molecule has 3 nitrogen and oxygen atoms in total. The van der Waals surface area contributed by atoms with E-state index in [2.05, 4.69) is 42.9 Å². The Morgan fingerprint density at radius 1 is 1.00 bits per heavy atom. The van der Waals surface area contributed by atoms with E-state index in [1.54, 1.807) is 0 Å². The van der Waals surface area contributed by atoms with E-state index in [0.29, 0.717) is 13.0 Å². The minimum Gasteiger partial charge on any atom is -0.336 e. The Labute approximate surface area is 139 Å². The Balaban J connectivity index is 1.79. The monoisotopic (exact) mass is 311 g/mol. The topological polar surface area (TPSA) is 24.2 Å². The van der Waals surface area contributed by atoms with Gasteiger partial charge in [-0.1, -0.05) is 36.4 Å². The number of aryl methyl sites for hydroxylation is 1. The zero-order chi connectivity index (χ0) is 16.5. The Morgan fingerprint density at radius 3 is 2.30 bits per heavy atom. The van der Waals surface area contributed by atoms with E-state index in [0.717, 1.165) is 19.4 Å². The molecule has 0 aliphatic rings. The molecule has 0 spiro atoms. The summed E-state index contributed by atoms with van der Waals surface area (Å²) in [4.78, 5) is 14.5. The van der Waals surface area contributed by atoms with Crippen molar-refractivity contribution < 1.29 is 9.36 Å². The highest BCUT2D eigenvalue weighted by Gasteiger charge is 2.17. The van der Waals surface area contributed by atoms with E-state index < -0.39 is 0 Å². The van der Waals surface area contributed by atoms with E-state index in [4.69, 9.17) is 0 Å². The summed E-state index contributed by atoms with van der Waals surface area (Å²) in [5.41, 5.74) is 1.19. The van der Waals surface area contributed by atoms with E-state index in [9.17, 15) is 4.79 Å². The minimum atomic E-state index is 0.228. The summed E-state index contributed by atoms with van der Waals surface area (Å²) in [5.74, 6) is 0.252. The van der Waals surface area contributed by atoms with Crippen molar-refractivity contribution in [2.75, 3.05) is 0 Å². The number of benzene rings is 1. The number of pyridine rings is 1. The van der Waals surface area contributed by atoms with E-state index >= 15 is 0 Å². The van der Waals surface area contributed by atoms with Gasteiger partial charge in [0.1, 0.15) is 6.54 Å². The van der Waals surface area contributed by atoms with Gasteiger partial charge in [-0.3, -0.25) is 4.79 Å². The first-order valence-corrected chi connectivity index (χ1v) is 8.44. The molecule has 0 atom stereocenters. The normalized spacial score (nSPS) is 10.7. The molecule has 0 saturated carbocycles. The Kier molecular flexibility index (Phi) is 6.79. The maximum atomic E-state index is 12.5. The highest BCUT2D eigenvalue weighted by molar-refractivity contribution is 5.76. The van der Waals surface area contributed by atoms with Crippen LogP contribution in [0, 0.1) is 0 Å². The molecule has 1 amide bonds. The molecule has 2 rings (SSSR count). The third-order valence-corrected chi connectivity index (χ3v) is 3.97. The van der Waals surface area contributed by atoms with E-state index in [1.165, 1.54) is 5.56 Å². The van der Waals surface area contributed by atoms with Gasteiger partial charge in [-0.2, -0.15) is 0 Å². The van der Waals surface area contributed by atoms with Gasteiger partial charge < -0.3 is 4.90 Å². The van der Waals surface area contributed by atoms with Gasteiger partial charge >= 0.3 is 0 Å². The fraction of sp³-hybridized carbons (Fsp3) is 0.400. The van der Waals surface area contributed by atoms with Crippen molar-refractivity contribution in [3.8, 4) is 0 Å². The van der Waals surface area contributed by atoms with Gasteiger partial charge in [0.2, 0.25) is 5.91 Å². The van der Waals surface area contributed by atoms with Crippen LogP contribution in [0.15, 0.2) is 60.9 Å². The summed E-state index contributed by atoms with van der Waals surface area (Å²) in [6.45, 7) is 5.83. The van der Waals surface area contributed by atoms with Crippen LogP contribution in [0.4, 0.5) is 0 Å². The second-order valence-corrected chi connectivity index (χ2v) is 6.17. The van der Waals surface area contributed by atoms with Crippen molar-refractivity contribution in [2.24, 2.45) is 0 Å². The number of hydrogen-bond donors (Lipinski definition) is 0. The first-order valence-electron chi connectivity index (χ1n) is 8.44. The number of carbonyl (C=O) groups is 1. The Bertz CT molecular complexity index is 581. The zero-order valence-corrected chi connectivity index (χ0v) is 14.2. The largest absolute Gasteiger partial charge is 0.336 e. The van der Waals surface area contributed by atoms with Crippen LogP contribution in [-0.2, 0) is 17.9 Å².